The maximum atomic E-state index is 12.2. The van der Waals surface area contributed by atoms with Crippen molar-refractivity contribution in [2.45, 2.75) is 18.0 Å². The second-order valence-corrected chi connectivity index (χ2v) is 7.60. The number of β-lactam (4-membered cyclic amide) rings is 1. The topological polar surface area (TPSA) is 76.8 Å². The summed E-state index contributed by atoms with van der Waals surface area (Å²) in [4.78, 5) is 17.7. The molecule has 24 heavy (non-hydrogen) atoms. The Kier molecular flexibility index (Phi) is 4.07. The minimum atomic E-state index is -0.589. The van der Waals surface area contributed by atoms with Crippen LogP contribution in [0.1, 0.15) is 16.6 Å². The molecule has 0 bridgehead atoms. The van der Waals surface area contributed by atoms with Gasteiger partial charge in [-0.25, -0.2) is 9.67 Å². The van der Waals surface area contributed by atoms with Crippen molar-refractivity contribution in [3.05, 3.63) is 52.0 Å². The molecule has 122 valence electrons. The van der Waals surface area contributed by atoms with Crippen LogP contribution in [0.4, 0.5) is 5.13 Å². The van der Waals surface area contributed by atoms with Crippen molar-refractivity contribution in [3.63, 3.8) is 0 Å². The fourth-order valence-electron chi connectivity index (χ4n) is 2.50. The smallest absolute Gasteiger partial charge is 0.250 e. The van der Waals surface area contributed by atoms with Crippen LogP contribution in [0.15, 0.2) is 41.4 Å². The van der Waals surface area contributed by atoms with Gasteiger partial charge in [0.1, 0.15) is 23.0 Å². The molecule has 0 spiro atoms. The monoisotopic (exact) mass is 424 g/mol. The Bertz CT molecular complexity index is 868. The molecule has 0 radical (unpaired) electrons. The molecule has 4 rings (SSSR count). The molecule has 7 nitrogen and oxygen atoms in total. The van der Waals surface area contributed by atoms with Crippen LogP contribution in [-0.2, 0) is 11.3 Å². The lowest BCUT2D eigenvalue weighted by molar-refractivity contribution is -0.123. The molecule has 2 atom stereocenters. The Morgan fingerprint density at radius 3 is 2.75 bits per heavy atom. The number of amides is 1. The first-order chi connectivity index (χ1) is 11.6. The molecule has 2 unspecified atom stereocenters. The third-order valence-electron chi connectivity index (χ3n) is 3.67. The Morgan fingerprint density at radius 2 is 2.04 bits per heavy atom. The molecule has 10 heteroatoms. The minimum absolute atomic E-state index is 0.159. The molecule has 1 aliphatic rings. The standard InChI is InChI=1S/C14H10BrClN6OS/c15-9-3-1-8(2-4-9)12-11(16)13(23)22(12)14-20-19-10(24-14)5-21-7-17-6-18-21/h1-4,6-7,11-12H,5H2. The lowest BCUT2D eigenvalue weighted by Crippen LogP contribution is -2.56. The van der Waals surface area contributed by atoms with E-state index in [9.17, 15) is 4.79 Å². The summed E-state index contributed by atoms with van der Waals surface area (Å²) < 4.78 is 2.62. The van der Waals surface area contributed by atoms with Crippen molar-refractivity contribution in [1.82, 2.24) is 25.0 Å². The highest BCUT2D eigenvalue weighted by atomic mass is 79.9. The first kappa shape index (κ1) is 15.7. The van der Waals surface area contributed by atoms with Gasteiger partial charge in [0.2, 0.25) is 11.0 Å². The van der Waals surface area contributed by atoms with Gasteiger partial charge < -0.3 is 0 Å². The Morgan fingerprint density at radius 1 is 1.25 bits per heavy atom. The maximum absolute atomic E-state index is 12.2. The normalized spacial score (nSPS) is 20.2. The number of hydrogen-bond donors (Lipinski definition) is 0. The number of rotatable bonds is 4. The minimum Gasteiger partial charge on any atom is -0.276 e. The van der Waals surface area contributed by atoms with Gasteiger partial charge in [-0.05, 0) is 17.7 Å². The van der Waals surface area contributed by atoms with E-state index in [4.69, 9.17) is 11.6 Å². The van der Waals surface area contributed by atoms with Gasteiger partial charge in [0.15, 0.2) is 0 Å². The van der Waals surface area contributed by atoms with E-state index in [0.29, 0.717) is 11.7 Å². The van der Waals surface area contributed by atoms with Crippen LogP contribution in [0.5, 0.6) is 0 Å². The van der Waals surface area contributed by atoms with Crippen LogP contribution in [0.2, 0.25) is 0 Å². The SMILES string of the molecule is O=C1C(Cl)C(c2ccc(Br)cc2)N1c1nnc(Cn2cncn2)s1. The first-order valence-corrected chi connectivity index (χ1v) is 9.05. The Balaban J connectivity index is 1.59. The molecule has 1 fully saturated rings. The van der Waals surface area contributed by atoms with E-state index in [-0.39, 0.29) is 11.9 Å². The van der Waals surface area contributed by atoms with Crippen LogP contribution in [-0.4, -0.2) is 36.2 Å². The summed E-state index contributed by atoms with van der Waals surface area (Å²) >= 11 is 11.0. The van der Waals surface area contributed by atoms with E-state index >= 15 is 0 Å². The third-order valence-corrected chi connectivity index (χ3v) is 5.53. The van der Waals surface area contributed by atoms with Gasteiger partial charge in [0.05, 0.1) is 12.6 Å². The average Bonchev–Trinajstić information content (AvgIpc) is 3.25. The Labute approximate surface area is 154 Å². The molecular formula is C14H10BrClN6OS. The zero-order valence-corrected chi connectivity index (χ0v) is 15.2. The molecular weight excluding hydrogens is 416 g/mol. The summed E-state index contributed by atoms with van der Waals surface area (Å²) in [5, 5.41) is 13.0. The molecule has 0 aliphatic carbocycles. The van der Waals surface area contributed by atoms with E-state index in [1.54, 1.807) is 15.9 Å². The number of anilines is 1. The number of hydrogen-bond acceptors (Lipinski definition) is 6. The second kappa shape index (κ2) is 6.23. The maximum Gasteiger partial charge on any atom is 0.250 e. The van der Waals surface area contributed by atoms with Crippen molar-refractivity contribution in [2.75, 3.05) is 4.90 Å². The van der Waals surface area contributed by atoms with Gasteiger partial charge in [-0.3, -0.25) is 9.69 Å². The predicted molar refractivity (Wildman–Crippen MR) is 93.0 cm³/mol. The number of carbonyl (C=O) groups is 1. The zero-order valence-electron chi connectivity index (χ0n) is 12.1. The third kappa shape index (κ3) is 2.72. The molecule has 1 amide bonds. The highest BCUT2D eigenvalue weighted by molar-refractivity contribution is 9.10. The molecule has 1 aromatic carbocycles. The van der Waals surface area contributed by atoms with E-state index in [0.717, 1.165) is 15.0 Å². The summed E-state index contributed by atoms with van der Waals surface area (Å²) in [6.07, 6.45) is 3.07. The molecule has 1 aliphatic heterocycles. The van der Waals surface area contributed by atoms with E-state index < -0.39 is 5.38 Å². The molecule has 2 aromatic heterocycles. The van der Waals surface area contributed by atoms with Crippen LogP contribution in [0, 0.1) is 0 Å². The number of nitrogens with zero attached hydrogens (tertiary/aromatic N) is 6. The van der Waals surface area contributed by atoms with Crippen molar-refractivity contribution >= 4 is 49.9 Å². The van der Waals surface area contributed by atoms with Gasteiger partial charge in [-0.1, -0.05) is 39.4 Å². The van der Waals surface area contributed by atoms with Crippen molar-refractivity contribution in [3.8, 4) is 0 Å². The van der Waals surface area contributed by atoms with Gasteiger partial charge in [-0.15, -0.1) is 21.8 Å². The van der Waals surface area contributed by atoms with Crippen molar-refractivity contribution in [1.29, 1.82) is 0 Å². The quantitative estimate of drug-likeness (QED) is 0.474. The zero-order chi connectivity index (χ0) is 16.7. The summed E-state index contributed by atoms with van der Waals surface area (Å²) in [7, 11) is 0. The van der Waals surface area contributed by atoms with Crippen molar-refractivity contribution in [2.24, 2.45) is 0 Å². The van der Waals surface area contributed by atoms with Gasteiger partial charge in [-0.2, -0.15) is 5.10 Å². The molecule has 0 N–H and O–H groups in total. The number of alkyl halides is 1. The van der Waals surface area contributed by atoms with Gasteiger partial charge in [0.25, 0.3) is 0 Å². The lowest BCUT2D eigenvalue weighted by atomic mass is 9.94. The largest absolute Gasteiger partial charge is 0.276 e. The average molecular weight is 426 g/mol. The summed E-state index contributed by atoms with van der Waals surface area (Å²) in [6, 6.07) is 7.51. The van der Waals surface area contributed by atoms with Crippen LogP contribution in [0.3, 0.4) is 0 Å². The molecule has 3 aromatic rings. The predicted octanol–water partition coefficient (Wildman–Crippen LogP) is 2.64. The lowest BCUT2D eigenvalue weighted by Gasteiger charge is -2.42. The van der Waals surface area contributed by atoms with E-state index in [2.05, 4.69) is 36.2 Å². The van der Waals surface area contributed by atoms with Crippen LogP contribution >= 0.6 is 38.9 Å². The van der Waals surface area contributed by atoms with Crippen LogP contribution < -0.4 is 4.90 Å². The summed E-state index contributed by atoms with van der Waals surface area (Å²) in [5.74, 6) is -0.159. The highest BCUT2D eigenvalue weighted by Gasteiger charge is 2.49. The molecule has 0 saturated carbocycles. The van der Waals surface area contributed by atoms with Crippen molar-refractivity contribution < 1.29 is 4.79 Å². The van der Waals surface area contributed by atoms with Gasteiger partial charge >= 0.3 is 0 Å². The first-order valence-electron chi connectivity index (χ1n) is 7.01. The fourth-order valence-corrected chi connectivity index (χ4v) is 4.00. The van der Waals surface area contributed by atoms with Crippen LogP contribution in [0.25, 0.3) is 0 Å². The fraction of sp³-hybridized carbons (Fsp3) is 0.214. The molecule has 3 heterocycles. The number of halogens is 2. The Hall–Kier alpha value is -1.84. The number of carbonyl (C=O) groups excluding carboxylic acids is 1. The van der Waals surface area contributed by atoms with Gasteiger partial charge in [0, 0.05) is 4.47 Å². The number of aromatic nitrogens is 5. The van der Waals surface area contributed by atoms with E-state index in [1.807, 2.05) is 24.3 Å². The summed E-state index contributed by atoms with van der Waals surface area (Å²) in [6.45, 7) is 0.465. The molecule has 1 saturated heterocycles. The van der Waals surface area contributed by atoms with E-state index in [1.165, 1.54) is 17.7 Å². The highest BCUT2D eigenvalue weighted by Crippen LogP contribution is 2.43. The number of benzene rings is 1. The second-order valence-electron chi connectivity index (χ2n) is 5.18. The summed E-state index contributed by atoms with van der Waals surface area (Å²) in [5.41, 5.74) is 0.964.